The maximum atomic E-state index is 3.83. The second-order valence-electron chi connectivity index (χ2n) is 4.82. The van der Waals surface area contributed by atoms with Crippen molar-refractivity contribution in [1.29, 1.82) is 0 Å². The lowest BCUT2D eigenvalue weighted by Gasteiger charge is -2.28. The molecule has 3 nitrogen and oxygen atoms in total. The van der Waals surface area contributed by atoms with Crippen LogP contribution in [0.1, 0.15) is 20.3 Å². The topological polar surface area (TPSA) is 18.5 Å². The van der Waals surface area contributed by atoms with E-state index < -0.39 is 0 Å². The fourth-order valence-electron chi connectivity index (χ4n) is 2.12. The van der Waals surface area contributed by atoms with Crippen molar-refractivity contribution in [3.8, 4) is 0 Å². The molecule has 1 N–H and O–H groups in total. The monoisotopic (exact) mass is 225 g/mol. The third kappa shape index (κ3) is 5.10. The van der Waals surface area contributed by atoms with Gasteiger partial charge >= 0.3 is 0 Å². The van der Waals surface area contributed by atoms with Crippen molar-refractivity contribution in [2.24, 2.45) is 0 Å². The summed E-state index contributed by atoms with van der Waals surface area (Å²) >= 11 is 0. The summed E-state index contributed by atoms with van der Waals surface area (Å²) in [6, 6.07) is 0.614. The lowest BCUT2D eigenvalue weighted by atomic mass is 10.3. The van der Waals surface area contributed by atoms with Gasteiger partial charge in [-0.1, -0.05) is 6.08 Å². The SMILES string of the molecule is C=CCN(CCN1CCCNCC1)C(C)C. The molecule has 0 spiro atoms. The van der Waals surface area contributed by atoms with E-state index in [0.29, 0.717) is 6.04 Å². The summed E-state index contributed by atoms with van der Waals surface area (Å²) in [5.41, 5.74) is 0. The molecule has 0 aliphatic carbocycles. The van der Waals surface area contributed by atoms with E-state index in [2.05, 4.69) is 35.5 Å². The van der Waals surface area contributed by atoms with Crippen LogP contribution in [0.2, 0.25) is 0 Å². The van der Waals surface area contributed by atoms with Crippen LogP contribution < -0.4 is 5.32 Å². The van der Waals surface area contributed by atoms with Gasteiger partial charge in [0.25, 0.3) is 0 Å². The van der Waals surface area contributed by atoms with Crippen LogP contribution in [-0.2, 0) is 0 Å². The number of hydrogen-bond donors (Lipinski definition) is 1. The van der Waals surface area contributed by atoms with Crippen LogP contribution in [0.4, 0.5) is 0 Å². The van der Waals surface area contributed by atoms with Crippen LogP contribution in [0.15, 0.2) is 12.7 Å². The highest BCUT2D eigenvalue weighted by Gasteiger charge is 2.12. The van der Waals surface area contributed by atoms with Gasteiger partial charge in [0.05, 0.1) is 0 Å². The first kappa shape index (κ1) is 13.7. The highest BCUT2D eigenvalue weighted by molar-refractivity contribution is 4.77. The molecule has 0 saturated carbocycles. The largest absolute Gasteiger partial charge is 0.315 e. The first-order chi connectivity index (χ1) is 7.74. The van der Waals surface area contributed by atoms with Gasteiger partial charge in [0.15, 0.2) is 0 Å². The van der Waals surface area contributed by atoms with Gasteiger partial charge in [0.1, 0.15) is 0 Å². The first-order valence-corrected chi connectivity index (χ1v) is 6.52. The summed E-state index contributed by atoms with van der Waals surface area (Å²) in [6.45, 7) is 16.4. The summed E-state index contributed by atoms with van der Waals surface area (Å²) in [4.78, 5) is 5.05. The molecule has 3 heteroatoms. The zero-order valence-corrected chi connectivity index (χ0v) is 10.9. The molecule has 0 atom stereocenters. The second kappa shape index (κ2) is 7.82. The lowest BCUT2D eigenvalue weighted by Crippen LogP contribution is -2.40. The van der Waals surface area contributed by atoms with Crippen molar-refractivity contribution >= 4 is 0 Å². The van der Waals surface area contributed by atoms with Crippen LogP contribution in [0.3, 0.4) is 0 Å². The molecule has 0 unspecified atom stereocenters. The Hall–Kier alpha value is -0.380. The fraction of sp³-hybridized carbons (Fsp3) is 0.846. The molecule has 0 radical (unpaired) electrons. The molecule has 0 aromatic carbocycles. The van der Waals surface area contributed by atoms with E-state index >= 15 is 0 Å². The number of nitrogens with zero attached hydrogens (tertiary/aromatic N) is 2. The van der Waals surface area contributed by atoms with Crippen LogP contribution in [0.5, 0.6) is 0 Å². The van der Waals surface area contributed by atoms with E-state index in [1.807, 2.05) is 6.08 Å². The van der Waals surface area contributed by atoms with E-state index in [9.17, 15) is 0 Å². The minimum atomic E-state index is 0.614. The van der Waals surface area contributed by atoms with E-state index in [1.54, 1.807) is 0 Å². The maximum Gasteiger partial charge on any atom is 0.0163 e. The Bertz CT molecular complexity index is 184. The highest BCUT2D eigenvalue weighted by atomic mass is 15.2. The maximum absolute atomic E-state index is 3.83. The normalized spacial score (nSPS) is 19.0. The van der Waals surface area contributed by atoms with Crippen molar-refractivity contribution in [2.75, 3.05) is 45.8 Å². The van der Waals surface area contributed by atoms with Gasteiger partial charge < -0.3 is 10.2 Å². The van der Waals surface area contributed by atoms with E-state index in [4.69, 9.17) is 0 Å². The quantitative estimate of drug-likeness (QED) is 0.685. The fourth-order valence-corrected chi connectivity index (χ4v) is 2.12. The van der Waals surface area contributed by atoms with Crippen LogP contribution in [0, 0.1) is 0 Å². The Balaban J connectivity index is 2.26. The van der Waals surface area contributed by atoms with Gasteiger partial charge in [0, 0.05) is 38.8 Å². The molecular formula is C13H27N3. The van der Waals surface area contributed by atoms with Gasteiger partial charge in [-0.25, -0.2) is 0 Å². The Morgan fingerprint density at radius 2 is 2.19 bits per heavy atom. The zero-order chi connectivity index (χ0) is 11.8. The number of hydrogen-bond acceptors (Lipinski definition) is 3. The van der Waals surface area contributed by atoms with Crippen molar-refractivity contribution in [1.82, 2.24) is 15.1 Å². The van der Waals surface area contributed by atoms with Crippen molar-refractivity contribution < 1.29 is 0 Å². The predicted octanol–water partition coefficient (Wildman–Crippen LogP) is 1.18. The molecule has 94 valence electrons. The van der Waals surface area contributed by atoms with Gasteiger partial charge in [-0.3, -0.25) is 4.90 Å². The molecule has 1 rings (SSSR count). The Morgan fingerprint density at radius 3 is 2.88 bits per heavy atom. The molecule has 1 saturated heterocycles. The Labute approximate surface area is 100 Å². The highest BCUT2D eigenvalue weighted by Crippen LogP contribution is 2.01. The van der Waals surface area contributed by atoms with Gasteiger partial charge in [-0.15, -0.1) is 6.58 Å². The molecule has 0 aromatic heterocycles. The molecule has 0 aromatic rings. The summed E-state index contributed by atoms with van der Waals surface area (Å²) in [5.74, 6) is 0. The van der Waals surface area contributed by atoms with Crippen LogP contribution in [0.25, 0.3) is 0 Å². The summed E-state index contributed by atoms with van der Waals surface area (Å²) < 4.78 is 0. The van der Waals surface area contributed by atoms with Crippen LogP contribution >= 0.6 is 0 Å². The zero-order valence-electron chi connectivity index (χ0n) is 10.9. The molecule has 1 aliphatic rings. The summed E-state index contributed by atoms with van der Waals surface area (Å²) in [6.07, 6.45) is 3.28. The average molecular weight is 225 g/mol. The molecule has 16 heavy (non-hydrogen) atoms. The Morgan fingerprint density at radius 1 is 1.38 bits per heavy atom. The molecule has 1 fully saturated rings. The van der Waals surface area contributed by atoms with Gasteiger partial charge in [-0.2, -0.15) is 0 Å². The van der Waals surface area contributed by atoms with E-state index in [-0.39, 0.29) is 0 Å². The molecule has 1 heterocycles. The predicted molar refractivity (Wildman–Crippen MR) is 70.8 cm³/mol. The molecule has 0 amide bonds. The van der Waals surface area contributed by atoms with Gasteiger partial charge in [0.2, 0.25) is 0 Å². The molecular weight excluding hydrogens is 198 g/mol. The van der Waals surface area contributed by atoms with Gasteiger partial charge in [-0.05, 0) is 33.4 Å². The standard InChI is InChI=1S/C13H27N3/c1-4-8-16(13(2)3)12-11-15-9-5-6-14-7-10-15/h4,13-14H,1,5-12H2,2-3H3. The third-order valence-electron chi connectivity index (χ3n) is 3.23. The lowest BCUT2D eigenvalue weighted by molar-refractivity contribution is 0.194. The minimum Gasteiger partial charge on any atom is -0.315 e. The smallest absolute Gasteiger partial charge is 0.0163 e. The minimum absolute atomic E-state index is 0.614. The first-order valence-electron chi connectivity index (χ1n) is 6.52. The van der Waals surface area contributed by atoms with Crippen molar-refractivity contribution in [3.05, 3.63) is 12.7 Å². The molecule has 0 bridgehead atoms. The third-order valence-corrected chi connectivity index (χ3v) is 3.23. The molecule has 1 aliphatic heterocycles. The van der Waals surface area contributed by atoms with E-state index in [1.165, 1.54) is 32.6 Å². The van der Waals surface area contributed by atoms with Crippen LogP contribution in [-0.4, -0.2) is 61.7 Å². The summed E-state index contributed by atoms with van der Waals surface area (Å²) in [7, 11) is 0. The second-order valence-corrected chi connectivity index (χ2v) is 4.82. The average Bonchev–Trinajstić information content (AvgIpc) is 2.52. The number of rotatable bonds is 6. The number of nitrogens with one attached hydrogen (secondary N) is 1. The summed E-state index contributed by atoms with van der Waals surface area (Å²) in [5, 5.41) is 3.44. The van der Waals surface area contributed by atoms with Crippen molar-refractivity contribution in [3.63, 3.8) is 0 Å². The van der Waals surface area contributed by atoms with E-state index in [0.717, 1.165) is 19.6 Å². The Kier molecular flexibility index (Phi) is 6.69. The van der Waals surface area contributed by atoms with Crippen molar-refractivity contribution in [2.45, 2.75) is 26.3 Å².